The van der Waals surface area contributed by atoms with E-state index in [2.05, 4.69) is 15.2 Å². The van der Waals surface area contributed by atoms with Crippen LogP contribution in [0.5, 0.6) is 0 Å². The molecule has 0 aliphatic carbocycles. The van der Waals surface area contributed by atoms with Gasteiger partial charge >= 0.3 is 0 Å². The van der Waals surface area contributed by atoms with Crippen LogP contribution >= 0.6 is 11.8 Å². The summed E-state index contributed by atoms with van der Waals surface area (Å²) in [6, 6.07) is 0. The fraction of sp³-hybridized carbons (Fsp3) is 0.929. The van der Waals surface area contributed by atoms with Crippen LogP contribution < -0.4 is 11.1 Å². The summed E-state index contributed by atoms with van der Waals surface area (Å²) in [6.07, 6.45) is 0.937. The van der Waals surface area contributed by atoms with E-state index < -0.39 is 10.0 Å². The molecule has 3 N–H and O–H groups in total. The van der Waals surface area contributed by atoms with Crippen LogP contribution in [0.4, 0.5) is 0 Å². The number of nitrogens with zero attached hydrogens (tertiary/aromatic N) is 3. The summed E-state index contributed by atoms with van der Waals surface area (Å²) in [4.78, 5) is 6.61. The predicted octanol–water partition coefficient (Wildman–Crippen LogP) is -1.01. The minimum atomic E-state index is -3.19. The predicted molar refractivity (Wildman–Crippen MR) is 99.1 cm³/mol. The zero-order valence-corrected chi connectivity index (χ0v) is 15.8. The highest BCUT2D eigenvalue weighted by Crippen LogP contribution is 2.12. The molecule has 2 saturated heterocycles. The maximum absolute atomic E-state index is 12.2. The van der Waals surface area contributed by atoms with Crippen molar-refractivity contribution < 1.29 is 13.2 Å². The molecule has 2 fully saturated rings. The third kappa shape index (κ3) is 7.14. The molecule has 8 nitrogen and oxygen atoms in total. The Morgan fingerprint density at radius 1 is 1.21 bits per heavy atom. The number of nitrogens with one attached hydrogen (secondary N) is 1. The lowest BCUT2D eigenvalue weighted by atomic mass is 10.3. The molecule has 0 radical (unpaired) electrons. The molecule has 2 rings (SSSR count). The first kappa shape index (κ1) is 19.8. The summed E-state index contributed by atoms with van der Waals surface area (Å²) in [6.45, 7) is 6.71. The Kier molecular flexibility index (Phi) is 8.60. The molecular formula is C14H29N5O3S2. The van der Waals surface area contributed by atoms with Gasteiger partial charge in [0.2, 0.25) is 10.0 Å². The summed E-state index contributed by atoms with van der Waals surface area (Å²) in [5.41, 5.74) is 5.79. The Morgan fingerprint density at radius 2 is 1.92 bits per heavy atom. The van der Waals surface area contributed by atoms with E-state index in [-0.39, 0.29) is 5.75 Å². The number of hydrogen-bond acceptors (Lipinski definition) is 6. The number of sulfonamides is 1. The lowest BCUT2D eigenvalue weighted by Crippen LogP contribution is -2.43. The molecule has 2 aliphatic rings. The molecule has 2 heterocycles. The molecule has 10 heteroatoms. The van der Waals surface area contributed by atoms with Crippen molar-refractivity contribution in [3.05, 3.63) is 0 Å². The lowest BCUT2D eigenvalue weighted by Gasteiger charge is -2.26. The van der Waals surface area contributed by atoms with Crippen molar-refractivity contribution in [3.8, 4) is 0 Å². The number of rotatable bonds is 8. The highest BCUT2D eigenvalue weighted by atomic mass is 32.2. The summed E-state index contributed by atoms with van der Waals surface area (Å²) in [5, 5.41) is 2.90. The van der Waals surface area contributed by atoms with Gasteiger partial charge in [0.25, 0.3) is 0 Å². The van der Waals surface area contributed by atoms with Gasteiger partial charge in [-0.3, -0.25) is 9.89 Å². The van der Waals surface area contributed by atoms with Crippen molar-refractivity contribution in [3.63, 3.8) is 0 Å². The quantitative estimate of drug-likeness (QED) is 0.317. The van der Waals surface area contributed by atoms with E-state index in [1.807, 2.05) is 0 Å². The van der Waals surface area contributed by atoms with Crippen molar-refractivity contribution in [1.29, 1.82) is 0 Å². The van der Waals surface area contributed by atoms with Crippen LogP contribution in [0.15, 0.2) is 4.99 Å². The van der Waals surface area contributed by atoms with Crippen LogP contribution in [0.25, 0.3) is 0 Å². The topological polar surface area (TPSA) is 100 Å². The first-order chi connectivity index (χ1) is 11.6. The van der Waals surface area contributed by atoms with Crippen LogP contribution in [-0.2, 0) is 14.8 Å². The van der Waals surface area contributed by atoms with Gasteiger partial charge in [0.1, 0.15) is 0 Å². The van der Waals surface area contributed by atoms with Crippen molar-refractivity contribution in [2.45, 2.75) is 6.42 Å². The number of guanidine groups is 1. The van der Waals surface area contributed by atoms with Crippen molar-refractivity contribution in [2.24, 2.45) is 10.7 Å². The number of thioether (sulfide) groups is 1. The molecule has 2 aliphatic heterocycles. The van der Waals surface area contributed by atoms with Crippen molar-refractivity contribution in [1.82, 2.24) is 14.5 Å². The summed E-state index contributed by atoms with van der Waals surface area (Å²) in [7, 11) is -3.19. The summed E-state index contributed by atoms with van der Waals surface area (Å²) < 4.78 is 31.2. The molecule has 0 saturated carbocycles. The first-order valence-electron chi connectivity index (χ1n) is 8.47. The third-order valence-electron chi connectivity index (χ3n) is 4.05. The molecular weight excluding hydrogens is 350 g/mol. The minimum absolute atomic E-state index is 0.0572. The molecule has 0 amide bonds. The van der Waals surface area contributed by atoms with E-state index in [1.165, 1.54) is 0 Å². The molecule has 0 unspecified atom stereocenters. The van der Waals surface area contributed by atoms with Gasteiger partial charge in [0.15, 0.2) is 5.96 Å². The van der Waals surface area contributed by atoms with Gasteiger partial charge in [-0.1, -0.05) is 0 Å². The van der Waals surface area contributed by atoms with Gasteiger partial charge in [0, 0.05) is 57.3 Å². The van der Waals surface area contributed by atoms with Crippen LogP contribution in [0.3, 0.4) is 0 Å². The SMILES string of the molecule is NC(=NCCCN1CCOCC1)NCCS(=O)(=O)N1CCSCC1. The van der Waals surface area contributed by atoms with Gasteiger partial charge in [-0.25, -0.2) is 12.7 Å². The Bertz CT molecular complexity index is 489. The van der Waals surface area contributed by atoms with E-state index in [0.717, 1.165) is 50.8 Å². The summed E-state index contributed by atoms with van der Waals surface area (Å²) in [5.74, 6) is 2.13. The van der Waals surface area contributed by atoms with Crippen LogP contribution in [0.1, 0.15) is 6.42 Å². The van der Waals surface area contributed by atoms with Crippen LogP contribution in [0.2, 0.25) is 0 Å². The molecule has 0 atom stereocenters. The molecule has 0 aromatic rings. The third-order valence-corrected chi connectivity index (χ3v) is 6.86. The molecule has 0 aromatic carbocycles. The van der Waals surface area contributed by atoms with Gasteiger partial charge in [-0.2, -0.15) is 11.8 Å². The highest BCUT2D eigenvalue weighted by Gasteiger charge is 2.23. The fourth-order valence-electron chi connectivity index (χ4n) is 2.64. The van der Waals surface area contributed by atoms with Gasteiger partial charge in [-0.05, 0) is 6.42 Å². The molecule has 0 aromatic heterocycles. The van der Waals surface area contributed by atoms with E-state index in [9.17, 15) is 8.42 Å². The zero-order chi connectivity index (χ0) is 17.3. The Morgan fingerprint density at radius 3 is 2.62 bits per heavy atom. The Balaban J connectivity index is 1.58. The highest BCUT2D eigenvalue weighted by molar-refractivity contribution is 7.99. The van der Waals surface area contributed by atoms with E-state index >= 15 is 0 Å². The zero-order valence-electron chi connectivity index (χ0n) is 14.2. The van der Waals surface area contributed by atoms with Crippen molar-refractivity contribution in [2.75, 3.05) is 76.3 Å². The second-order valence-electron chi connectivity index (χ2n) is 5.83. The number of hydrogen-bond donors (Lipinski definition) is 2. The van der Waals surface area contributed by atoms with Crippen molar-refractivity contribution >= 4 is 27.7 Å². The Hall–Kier alpha value is -0.550. The molecule has 0 spiro atoms. The number of aliphatic imine (C=N–C) groups is 1. The maximum atomic E-state index is 12.2. The normalized spacial score (nSPS) is 21.8. The lowest BCUT2D eigenvalue weighted by molar-refractivity contribution is 0.0377. The number of nitrogens with two attached hydrogens (primary N) is 1. The molecule has 0 bridgehead atoms. The fourth-order valence-corrected chi connectivity index (χ4v) is 5.13. The smallest absolute Gasteiger partial charge is 0.215 e. The van der Waals surface area contributed by atoms with E-state index in [4.69, 9.17) is 10.5 Å². The Labute approximate surface area is 149 Å². The second kappa shape index (κ2) is 10.4. The second-order valence-corrected chi connectivity index (χ2v) is 9.14. The van der Waals surface area contributed by atoms with Gasteiger partial charge in [0.05, 0.1) is 19.0 Å². The van der Waals surface area contributed by atoms with Crippen LogP contribution in [-0.4, -0.2) is 99.9 Å². The summed E-state index contributed by atoms with van der Waals surface area (Å²) >= 11 is 1.79. The largest absolute Gasteiger partial charge is 0.379 e. The minimum Gasteiger partial charge on any atom is -0.379 e. The standard InChI is InChI=1S/C14H29N5O3S2/c15-14(16-2-1-4-18-5-9-22-10-6-18)17-3-13-24(20,21)19-7-11-23-12-8-19/h1-13H2,(H3,15,16,17). The monoisotopic (exact) mass is 379 g/mol. The van der Waals surface area contributed by atoms with Gasteiger partial charge < -0.3 is 15.8 Å². The maximum Gasteiger partial charge on any atom is 0.215 e. The molecule has 140 valence electrons. The number of ether oxygens (including phenoxy) is 1. The average molecular weight is 380 g/mol. The average Bonchev–Trinajstić information content (AvgIpc) is 2.60. The number of morpholine rings is 1. The van der Waals surface area contributed by atoms with Crippen LogP contribution in [0, 0.1) is 0 Å². The molecule has 24 heavy (non-hydrogen) atoms. The first-order valence-corrected chi connectivity index (χ1v) is 11.2. The van der Waals surface area contributed by atoms with Gasteiger partial charge in [-0.15, -0.1) is 0 Å². The van der Waals surface area contributed by atoms with E-state index in [1.54, 1.807) is 16.1 Å². The van der Waals surface area contributed by atoms with E-state index in [0.29, 0.717) is 32.1 Å².